The van der Waals surface area contributed by atoms with Crippen molar-refractivity contribution in [2.45, 2.75) is 26.4 Å². The topological polar surface area (TPSA) is 61.8 Å². The number of amides is 1. The number of fused-ring (bicyclic) bond motifs is 1. The van der Waals surface area contributed by atoms with Crippen LogP contribution in [0.4, 0.5) is 11.4 Å². The molecule has 1 aliphatic rings. The van der Waals surface area contributed by atoms with Crippen molar-refractivity contribution in [3.8, 4) is 5.75 Å². The van der Waals surface area contributed by atoms with Gasteiger partial charge in [0.15, 0.2) is 6.10 Å². The molecule has 25 heavy (non-hydrogen) atoms. The monoisotopic (exact) mass is 340 g/mol. The molecule has 0 aromatic heterocycles. The van der Waals surface area contributed by atoms with Crippen LogP contribution in [0.2, 0.25) is 0 Å². The van der Waals surface area contributed by atoms with E-state index in [0.29, 0.717) is 13.0 Å². The fourth-order valence-electron chi connectivity index (χ4n) is 2.96. The van der Waals surface area contributed by atoms with Gasteiger partial charge in [-0.1, -0.05) is 6.07 Å². The molecule has 2 aromatic carbocycles. The summed E-state index contributed by atoms with van der Waals surface area (Å²) in [4.78, 5) is 14.4. The molecule has 1 atom stereocenters. The van der Waals surface area contributed by atoms with E-state index in [1.807, 2.05) is 49.2 Å². The molecule has 5 heteroatoms. The van der Waals surface area contributed by atoms with Gasteiger partial charge in [-0.25, -0.2) is 0 Å². The molecular weight excluding hydrogens is 316 g/mol. The minimum atomic E-state index is -0.493. The fourth-order valence-corrected chi connectivity index (χ4v) is 2.96. The Kier molecular flexibility index (Phi) is 4.95. The van der Waals surface area contributed by atoms with Crippen molar-refractivity contribution in [3.05, 3.63) is 53.1 Å². The van der Waals surface area contributed by atoms with Gasteiger partial charge in [0.2, 0.25) is 0 Å². The molecule has 5 nitrogen and oxygen atoms in total. The number of ether oxygens (including phenoxy) is 1. The highest BCUT2D eigenvalue weighted by atomic mass is 16.5. The molecule has 0 aliphatic carbocycles. The Morgan fingerprint density at radius 2 is 1.92 bits per heavy atom. The number of anilines is 2. The number of aliphatic hydroxyl groups is 1. The van der Waals surface area contributed by atoms with Crippen molar-refractivity contribution in [1.29, 1.82) is 0 Å². The van der Waals surface area contributed by atoms with Crippen LogP contribution in [-0.4, -0.2) is 37.3 Å². The third kappa shape index (κ3) is 3.77. The van der Waals surface area contributed by atoms with Crippen LogP contribution in [0.15, 0.2) is 36.4 Å². The number of aryl methyl sites for hydroxylation is 2. The zero-order valence-corrected chi connectivity index (χ0v) is 14.9. The van der Waals surface area contributed by atoms with E-state index in [1.165, 1.54) is 11.1 Å². The number of rotatable bonds is 5. The molecule has 1 unspecified atom stereocenters. The van der Waals surface area contributed by atoms with E-state index in [0.717, 1.165) is 22.7 Å². The van der Waals surface area contributed by atoms with Gasteiger partial charge in [0.05, 0.1) is 6.61 Å². The second-order valence-corrected chi connectivity index (χ2v) is 6.54. The number of likely N-dealkylation sites (N-methyl/N-ethyl adjacent to an activating group) is 1. The van der Waals surface area contributed by atoms with Crippen LogP contribution in [0.5, 0.6) is 5.75 Å². The van der Waals surface area contributed by atoms with E-state index < -0.39 is 6.10 Å². The van der Waals surface area contributed by atoms with Crippen molar-refractivity contribution < 1.29 is 14.6 Å². The summed E-state index contributed by atoms with van der Waals surface area (Å²) in [5.41, 5.74) is 5.19. The predicted molar refractivity (Wildman–Crippen MR) is 99.5 cm³/mol. The SMILES string of the molecule is Cc1cc2c(cc1C)OC(C(=O)Nc1ccc(N(C)CCO)cc1)C2. The smallest absolute Gasteiger partial charge is 0.265 e. The highest BCUT2D eigenvalue weighted by Gasteiger charge is 2.29. The van der Waals surface area contributed by atoms with Crippen LogP contribution in [0.25, 0.3) is 0 Å². The van der Waals surface area contributed by atoms with E-state index in [1.54, 1.807) is 0 Å². The summed E-state index contributed by atoms with van der Waals surface area (Å²) in [6.07, 6.45) is 0.104. The molecule has 0 fully saturated rings. The maximum absolute atomic E-state index is 12.5. The number of nitrogens with one attached hydrogen (secondary N) is 1. The van der Waals surface area contributed by atoms with Crippen LogP contribution in [-0.2, 0) is 11.2 Å². The zero-order valence-electron chi connectivity index (χ0n) is 14.9. The molecule has 0 spiro atoms. The van der Waals surface area contributed by atoms with Crippen LogP contribution in [0, 0.1) is 13.8 Å². The Bertz CT molecular complexity index is 740. The van der Waals surface area contributed by atoms with Gasteiger partial charge in [0.1, 0.15) is 5.75 Å². The number of nitrogens with zero attached hydrogens (tertiary/aromatic N) is 1. The summed E-state index contributed by atoms with van der Waals surface area (Å²) < 4.78 is 5.82. The van der Waals surface area contributed by atoms with Crippen molar-refractivity contribution in [2.24, 2.45) is 0 Å². The zero-order chi connectivity index (χ0) is 18.0. The lowest BCUT2D eigenvalue weighted by molar-refractivity contribution is -0.122. The number of carbonyl (C=O) groups is 1. The average Bonchev–Trinajstić information content (AvgIpc) is 2.99. The van der Waals surface area contributed by atoms with Gasteiger partial charge in [-0.15, -0.1) is 0 Å². The first-order chi connectivity index (χ1) is 12.0. The maximum atomic E-state index is 12.5. The summed E-state index contributed by atoms with van der Waals surface area (Å²) in [6, 6.07) is 11.7. The largest absolute Gasteiger partial charge is 0.480 e. The fraction of sp³-hybridized carbons (Fsp3) is 0.350. The Morgan fingerprint density at radius 1 is 1.24 bits per heavy atom. The standard InChI is InChI=1S/C20H24N2O3/c1-13-10-15-12-19(25-18(15)11-14(13)2)20(24)21-16-4-6-17(7-5-16)22(3)8-9-23/h4-7,10-11,19,23H,8-9,12H2,1-3H3,(H,21,24). The van der Waals surface area contributed by atoms with Crippen LogP contribution < -0.4 is 15.0 Å². The number of hydrogen-bond donors (Lipinski definition) is 2. The third-order valence-electron chi connectivity index (χ3n) is 4.65. The van der Waals surface area contributed by atoms with Crippen molar-refractivity contribution in [3.63, 3.8) is 0 Å². The van der Waals surface area contributed by atoms with Gasteiger partial charge >= 0.3 is 0 Å². The molecule has 0 bridgehead atoms. The highest BCUT2D eigenvalue weighted by Crippen LogP contribution is 2.32. The van der Waals surface area contributed by atoms with E-state index in [-0.39, 0.29) is 12.5 Å². The lowest BCUT2D eigenvalue weighted by Crippen LogP contribution is -2.31. The number of aliphatic hydroxyl groups excluding tert-OH is 1. The van der Waals surface area contributed by atoms with E-state index in [9.17, 15) is 4.79 Å². The lowest BCUT2D eigenvalue weighted by atomic mass is 10.0. The molecule has 0 saturated heterocycles. The molecule has 3 rings (SSSR count). The summed E-state index contributed by atoms with van der Waals surface area (Å²) in [5.74, 6) is 0.673. The minimum absolute atomic E-state index is 0.105. The molecular formula is C20H24N2O3. The van der Waals surface area contributed by atoms with Gasteiger partial charge in [0.25, 0.3) is 5.91 Å². The quantitative estimate of drug-likeness (QED) is 0.878. The first-order valence-electron chi connectivity index (χ1n) is 8.47. The maximum Gasteiger partial charge on any atom is 0.265 e. The van der Waals surface area contributed by atoms with Crippen molar-refractivity contribution >= 4 is 17.3 Å². The first kappa shape index (κ1) is 17.3. The van der Waals surface area contributed by atoms with Crippen molar-refractivity contribution in [1.82, 2.24) is 0 Å². The molecule has 1 aliphatic heterocycles. The molecule has 0 radical (unpaired) electrons. The van der Waals surface area contributed by atoms with Gasteiger partial charge < -0.3 is 20.1 Å². The summed E-state index contributed by atoms with van der Waals surface area (Å²) >= 11 is 0. The Morgan fingerprint density at radius 3 is 2.60 bits per heavy atom. The minimum Gasteiger partial charge on any atom is -0.480 e. The lowest BCUT2D eigenvalue weighted by Gasteiger charge is -2.18. The average molecular weight is 340 g/mol. The van der Waals surface area contributed by atoms with Crippen molar-refractivity contribution in [2.75, 3.05) is 30.4 Å². The first-order valence-corrected chi connectivity index (χ1v) is 8.47. The summed E-state index contributed by atoms with van der Waals surface area (Å²) in [7, 11) is 1.91. The van der Waals surface area contributed by atoms with Crippen LogP contribution in [0.3, 0.4) is 0 Å². The van der Waals surface area contributed by atoms with Crippen LogP contribution >= 0.6 is 0 Å². The molecule has 0 saturated carbocycles. The van der Waals surface area contributed by atoms with E-state index >= 15 is 0 Å². The Labute approximate surface area is 148 Å². The molecule has 2 N–H and O–H groups in total. The number of hydrogen-bond acceptors (Lipinski definition) is 4. The Hall–Kier alpha value is -2.53. The van der Waals surface area contributed by atoms with Crippen LogP contribution in [0.1, 0.15) is 16.7 Å². The highest BCUT2D eigenvalue weighted by molar-refractivity contribution is 5.95. The van der Waals surface area contributed by atoms with Gasteiger partial charge in [-0.3, -0.25) is 4.79 Å². The number of benzene rings is 2. The third-order valence-corrected chi connectivity index (χ3v) is 4.65. The van der Waals surface area contributed by atoms with E-state index in [2.05, 4.69) is 18.3 Å². The second-order valence-electron chi connectivity index (χ2n) is 6.54. The van der Waals surface area contributed by atoms with Gasteiger partial charge in [-0.2, -0.15) is 0 Å². The second kappa shape index (κ2) is 7.15. The van der Waals surface area contributed by atoms with E-state index in [4.69, 9.17) is 9.84 Å². The van der Waals surface area contributed by atoms with Gasteiger partial charge in [-0.05, 0) is 60.9 Å². The molecule has 1 amide bonds. The normalized spacial score (nSPS) is 15.4. The summed E-state index contributed by atoms with van der Waals surface area (Å²) in [6.45, 7) is 4.78. The molecule has 1 heterocycles. The predicted octanol–water partition coefficient (Wildman–Crippen LogP) is 2.67. The van der Waals surface area contributed by atoms with Gasteiger partial charge in [0, 0.05) is 31.4 Å². The number of carbonyl (C=O) groups excluding carboxylic acids is 1. The molecule has 132 valence electrons. The summed E-state index contributed by atoms with van der Waals surface area (Å²) in [5, 5.41) is 11.9. The Balaban J connectivity index is 1.63. The molecule has 2 aromatic rings.